The number of hydrogen-bond donors (Lipinski definition) is 3. The van der Waals surface area contributed by atoms with Gasteiger partial charge in [-0.2, -0.15) is 0 Å². The molecule has 0 saturated heterocycles. The van der Waals surface area contributed by atoms with Crippen molar-refractivity contribution in [3.8, 4) is 0 Å². The van der Waals surface area contributed by atoms with Crippen LogP contribution in [0.25, 0.3) is 0 Å². The molecule has 0 aliphatic rings. The Morgan fingerprint density at radius 3 is 2.12 bits per heavy atom. The van der Waals surface area contributed by atoms with Crippen LogP contribution >= 0.6 is 7.60 Å². The van der Waals surface area contributed by atoms with Gasteiger partial charge in [0, 0.05) is 0 Å². The van der Waals surface area contributed by atoms with Crippen LogP contribution in [-0.2, 0) is 9.40 Å². The van der Waals surface area contributed by atoms with Gasteiger partial charge in [0.1, 0.15) is 0 Å². The highest BCUT2D eigenvalue weighted by Crippen LogP contribution is 2.40. The molecule has 0 amide bonds. The van der Waals surface area contributed by atoms with E-state index in [-0.39, 0.29) is 0 Å². The highest BCUT2D eigenvalue weighted by Gasteiger charge is 2.23. The predicted octanol–water partition coefficient (Wildman–Crippen LogP) is -0.600. The smallest absolute Gasteiger partial charge is 0.323 e. The molecule has 8 heavy (non-hydrogen) atoms. The van der Waals surface area contributed by atoms with Crippen molar-refractivity contribution in [2.75, 3.05) is 0 Å². The molecule has 0 aliphatic heterocycles. The Bertz CT molecular complexity index is 109. The number of hydrogen-bond acceptors (Lipinski definition) is 3. The summed E-state index contributed by atoms with van der Waals surface area (Å²) in [5.74, 6) is 3.26. The quantitative estimate of drug-likeness (QED) is 0.352. The van der Waals surface area contributed by atoms with Crippen molar-refractivity contribution in [2.24, 2.45) is 5.90 Å². The molecule has 0 spiro atoms. The molecule has 5 nitrogen and oxygen atoms in total. The lowest BCUT2D eigenvalue weighted by molar-refractivity contribution is 0.0987. The van der Waals surface area contributed by atoms with Gasteiger partial charge in [-0.15, -0.1) is 0 Å². The van der Waals surface area contributed by atoms with Gasteiger partial charge in [0.25, 0.3) is 0 Å². The van der Waals surface area contributed by atoms with Crippen molar-refractivity contribution in [1.82, 2.24) is 0 Å². The average molecular weight is 141 g/mol. The fourth-order valence-electron chi connectivity index (χ4n) is 0.0793. The SMILES string of the molecule is C[C@H](ON)P(=O)(O)O. The first kappa shape index (κ1) is 8.07. The van der Waals surface area contributed by atoms with E-state index in [9.17, 15) is 4.57 Å². The van der Waals surface area contributed by atoms with Crippen LogP contribution in [0.5, 0.6) is 0 Å². The molecule has 0 radical (unpaired) electrons. The molecule has 0 aromatic carbocycles. The van der Waals surface area contributed by atoms with Crippen LogP contribution in [0.2, 0.25) is 0 Å². The van der Waals surface area contributed by atoms with Crippen molar-refractivity contribution < 1.29 is 19.2 Å². The van der Waals surface area contributed by atoms with Gasteiger partial charge in [0.2, 0.25) is 0 Å². The molecular weight excluding hydrogens is 133 g/mol. The summed E-state index contributed by atoms with van der Waals surface area (Å²) in [5.41, 5.74) is 0. The molecule has 0 aromatic heterocycles. The van der Waals surface area contributed by atoms with Crippen LogP contribution in [-0.4, -0.2) is 15.6 Å². The lowest BCUT2D eigenvalue weighted by Gasteiger charge is -2.08. The Morgan fingerprint density at radius 1 is 1.75 bits per heavy atom. The first-order chi connectivity index (χ1) is 3.48. The van der Waals surface area contributed by atoms with E-state index in [0.29, 0.717) is 0 Å². The summed E-state index contributed by atoms with van der Waals surface area (Å²) >= 11 is 0. The number of nitrogens with two attached hydrogens (primary N) is 1. The molecular formula is C2H8NO4P. The zero-order chi connectivity index (χ0) is 6.78. The molecule has 0 aliphatic carbocycles. The third kappa shape index (κ3) is 2.40. The Balaban J connectivity index is 3.82. The van der Waals surface area contributed by atoms with Crippen LogP contribution in [0.3, 0.4) is 0 Å². The lowest BCUT2D eigenvalue weighted by Crippen LogP contribution is -2.12. The first-order valence-corrected chi connectivity index (χ1v) is 3.57. The Kier molecular flexibility index (Phi) is 2.59. The average Bonchev–Trinajstić information content (AvgIpc) is 1.62. The van der Waals surface area contributed by atoms with Gasteiger partial charge >= 0.3 is 7.60 Å². The highest BCUT2D eigenvalue weighted by molar-refractivity contribution is 7.52. The molecule has 0 bridgehead atoms. The third-order valence-corrected chi connectivity index (χ3v) is 1.74. The van der Waals surface area contributed by atoms with Gasteiger partial charge in [-0.05, 0) is 6.92 Å². The second-order valence-electron chi connectivity index (χ2n) is 1.32. The van der Waals surface area contributed by atoms with Crippen molar-refractivity contribution in [2.45, 2.75) is 12.8 Å². The maximum absolute atomic E-state index is 10.1. The van der Waals surface area contributed by atoms with Gasteiger partial charge in [0.15, 0.2) is 5.85 Å². The molecule has 0 rings (SSSR count). The second-order valence-corrected chi connectivity index (χ2v) is 3.23. The lowest BCUT2D eigenvalue weighted by atomic mass is 10.9. The maximum Gasteiger partial charge on any atom is 0.355 e. The predicted molar refractivity (Wildman–Crippen MR) is 26.8 cm³/mol. The van der Waals surface area contributed by atoms with E-state index in [1.54, 1.807) is 0 Å². The summed E-state index contributed by atoms with van der Waals surface area (Å²) in [6, 6.07) is 0. The molecule has 0 unspecified atom stereocenters. The van der Waals surface area contributed by atoms with E-state index in [4.69, 9.17) is 9.79 Å². The highest BCUT2D eigenvalue weighted by atomic mass is 31.2. The Hall–Kier alpha value is 0.0700. The van der Waals surface area contributed by atoms with Crippen LogP contribution in [0.15, 0.2) is 0 Å². The van der Waals surface area contributed by atoms with E-state index in [1.807, 2.05) is 0 Å². The standard InChI is InChI=1S/C2H8NO4P/c1-2(7-3)8(4,5)6/h2H,3H2,1H3,(H2,4,5,6)/t2-/m1/s1. The fraction of sp³-hybridized carbons (Fsp3) is 1.00. The van der Waals surface area contributed by atoms with Crippen LogP contribution in [0.4, 0.5) is 0 Å². The third-order valence-electron chi connectivity index (χ3n) is 0.671. The van der Waals surface area contributed by atoms with E-state index in [0.717, 1.165) is 0 Å². The van der Waals surface area contributed by atoms with E-state index in [2.05, 4.69) is 10.7 Å². The van der Waals surface area contributed by atoms with E-state index >= 15 is 0 Å². The van der Waals surface area contributed by atoms with Crippen molar-refractivity contribution in [3.63, 3.8) is 0 Å². The molecule has 50 valence electrons. The molecule has 4 N–H and O–H groups in total. The summed E-state index contributed by atoms with van der Waals surface area (Å²) in [6.07, 6.45) is 0. The summed E-state index contributed by atoms with van der Waals surface area (Å²) in [4.78, 5) is 20.2. The van der Waals surface area contributed by atoms with Gasteiger partial charge in [0.05, 0.1) is 0 Å². The second kappa shape index (κ2) is 2.57. The minimum absolute atomic E-state index is 1.20. The Labute approximate surface area is 46.6 Å². The molecule has 0 saturated carbocycles. The zero-order valence-corrected chi connectivity index (χ0v) is 5.21. The Morgan fingerprint density at radius 2 is 2.12 bits per heavy atom. The fourth-order valence-corrected chi connectivity index (χ4v) is 0.238. The van der Waals surface area contributed by atoms with Gasteiger partial charge in [-0.1, -0.05) is 0 Å². The summed E-state index contributed by atoms with van der Waals surface area (Å²) in [5, 5.41) is 0. The molecule has 1 atom stereocenters. The van der Waals surface area contributed by atoms with Crippen molar-refractivity contribution in [1.29, 1.82) is 0 Å². The minimum atomic E-state index is -4.10. The van der Waals surface area contributed by atoms with Crippen LogP contribution in [0.1, 0.15) is 6.92 Å². The van der Waals surface area contributed by atoms with Crippen molar-refractivity contribution in [3.05, 3.63) is 0 Å². The summed E-state index contributed by atoms with van der Waals surface area (Å²) in [6.45, 7) is 1.20. The normalized spacial score (nSPS) is 16.0. The molecule has 0 aromatic rings. The molecule has 0 fully saturated rings. The van der Waals surface area contributed by atoms with Crippen molar-refractivity contribution >= 4 is 7.60 Å². The van der Waals surface area contributed by atoms with E-state index in [1.165, 1.54) is 6.92 Å². The van der Waals surface area contributed by atoms with Gasteiger partial charge < -0.3 is 9.79 Å². The summed E-state index contributed by atoms with van der Waals surface area (Å²) < 4.78 is 10.1. The van der Waals surface area contributed by atoms with E-state index < -0.39 is 13.4 Å². The maximum atomic E-state index is 10.1. The zero-order valence-electron chi connectivity index (χ0n) is 4.31. The van der Waals surface area contributed by atoms with Crippen LogP contribution < -0.4 is 5.90 Å². The molecule has 6 heteroatoms. The summed E-state index contributed by atoms with van der Waals surface area (Å²) in [7, 11) is -4.10. The minimum Gasteiger partial charge on any atom is -0.323 e. The monoisotopic (exact) mass is 141 g/mol. The first-order valence-electron chi connectivity index (χ1n) is 1.89. The number of rotatable bonds is 2. The molecule has 0 heterocycles. The van der Waals surface area contributed by atoms with Gasteiger partial charge in [-0.25, -0.2) is 5.90 Å². The topological polar surface area (TPSA) is 92.8 Å². The van der Waals surface area contributed by atoms with Gasteiger partial charge in [-0.3, -0.25) is 9.40 Å². The van der Waals surface area contributed by atoms with Crippen LogP contribution in [0, 0.1) is 0 Å². The largest absolute Gasteiger partial charge is 0.355 e.